The zero-order valence-electron chi connectivity index (χ0n) is 14.0. The molecule has 3 aliphatic rings. The van der Waals surface area contributed by atoms with Crippen LogP contribution in [0.2, 0.25) is 0 Å². The van der Waals surface area contributed by atoms with Crippen molar-refractivity contribution in [2.45, 2.75) is 69.7 Å². The first kappa shape index (κ1) is 16.3. The van der Waals surface area contributed by atoms with E-state index in [0.29, 0.717) is 6.54 Å². The highest BCUT2D eigenvalue weighted by Crippen LogP contribution is 2.35. The van der Waals surface area contributed by atoms with Crippen LogP contribution in [0.3, 0.4) is 0 Å². The fourth-order valence-electron chi connectivity index (χ4n) is 4.22. The van der Waals surface area contributed by atoms with Crippen LogP contribution < -0.4 is 10.6 Å². The first-order chi connectivity index (χ1) is 10.8. The topological polar surface area (TPSA) is 44.4 Å². The summed E-state index contributed by atoms with van der Waals surface area (Å²) in [5.74, 6) is 1.02. The Morgan fingerprint density at radius 3 is 2.36 bits per heavy atom. The third-order valence-corrected chi connectivity index (χ3v) is 5.84. The van der Waals surface area contributed by atoms with Crippen molar-refractivity contribution < 1.29 is 4.79 Å². The summed E-state index contributed by atoms with van der Waals surface area (Å²) in [7, 11) is 0. The Morgan fingerprint density at radius 2 is 1.68 bits per heavy atom. The van der Waals surface area contributed by atoms with E-state index in [1.54, 1.807) is 0 Å². The van der Waals surface area contributed by atoms with E-state index in [1.807, 2.05) is 0 Å². The number of nitrogens with zero attached hydrogens (tertiary/aromatic N) is 1. The fourth-order valence-corrected chi connectivity index (χ4v) is 4.22. The molecule has 0 aromatic heterocycles. The molecule has 0 aromatic carbocycles. The average molecular weight is 307 g/mol. The Balaban J connectivity index is 1.47. The Labute approximate surface area is 135 Å². The molecule has 22 heavy (non-hydrogen) atoms. The molecule has 126 valence electrons. The minimum absolute atomic E-state index is 0.183. The van der Waals surface area contributed by atoms with Gasteiger partial charge in [0.1, 0.15) is 0 Å². The number of likely N-dealkylation sites (tertiary alicyclic amines) is 1. The van der Waals surface area contributed by atoms with Crippen LogP contribution in [0, 0.1) is 5.92 Å². The molecule has 3 fully saturated rings. The quantitative estimate of drug-likeness (QED) is 0.758. The molecular formula is C18H33N3O. The smallest absolute Gasteiger partial charge is 0.234 e. The van der Waals surface area contributed by atoms with Gasteiger partial charge in [-0.05, 0) is 64.1 Å². The van der Waals surface area contributed by atoms with Gasteiger partial charge in [0.2, 0.25) is 5.91 Å². The molecule has 1 aliphatic heterocycles. The van der Waals surface area contributed by atoms with Crippen LogP contribution in [-0.4, -0.2) is 49.1 Å². The van der Waals surface area contributed by atoms with Crippen molar-refractivity contribution in [3.63, 3.8) is 0 Å². The van der Waals surface area contributed by atoms with E-state index < -0.39 is 0 Å². The summed E-state index contributed by atoms with van der Waals surface area (Å²) in [5.41, 5.74) is 0.255. The lowest BCUT2D eigenvalue weighted by atomic mass is 9.79. The van der Waals surface area contributed by atoms with Crippen LogP contribution in [0.15, 0.2) is 0 Å². The number of piperidine rings is 1. The first-order valence-electron chi connectivity index (χ1n) is 9.51. The van der Waals surface area contributed by atoms with Gasteiger partial charge in [-0.1, -0.05) is 25.7 Å². The van der Waals surface area contributed by atoms with Crippen molar-refractivity contribution in [1.29, 1.82) is 0 Å². The molecule has 4 heteroatoms. The van der Waals surface area contributed by atoms with Gasteiger partial charge in [0.15, 0.2) is 0 Å². The molecule has 0 aromatic rings. The maximum atomic E-state index is 12.1. The number of carbonyl (C=O) groups is 1. The van der Waals surface area contributed by atoms with Gasteiger partial charge in [0.25, 0.3) is 0 Å². The molecule has 0 bridgehead atoms. The predicted octanol–water partition coefficient (Wildman–Crippen LogP) is 2.29. The molecule has 3 rings (SSSR count). The molecule has 0 radical (unpaired) electrons. The zero-order chi connectivity index (χ0) is 15.3. The highest BCUT2D eigenvalue weighted by Gasteiger charge is 2.38. The molecule has 1 amide bonds. The van der Waals surface area contributed by atoms with E-state index in [4.69, 9.17) is 0 Å². The van der Waals surface area contributed by atoms with E-state index in [2.05, 4.69) is 15.5 Å². The van der Waals surface area contributed by atoms with Crippen LogP contribution in [0.5, 0.6) is 0 Å². The van der Waals surface area contributed by atoms with E-state index in [0.717, 1.165) is 19.0 Å². The highest BCUT2D eigenvalue weighted by atomic mass is 16.1. The van der Waals surface area contributed by atoms with Crippen molar-refractivity contribution >= 4 is 5.91 Å². The number of hydrogen-bond acceptors (Lipinski definition) is 3. The third kappa shape index (κ3) is 4.45. The van der Waals surface area contributed by atoms with Crippen LogP contribution >= 0.6 is 0 Å². The van der Waals surface area contributed by atoms with Crippen LogP contribution in [0.1, 0.15) is 64.2 Å². The summed E-state index contributed by atoms with van der Waals surface area (Å²) in [6, 6.07) is 0. The first-order valence-corrected chi connectivity index (χ1v) is 9.51. The van der Waals surface area contributed by atoms with Gasteiger partial charge in [-0.15, -0.1) is 0 Å². The third-order valence-electron chi connectivity index (χ3n) is 5.84. The van der Waals surface area contributed by atoms with Crippen LogP contribution in [-0.2, 0) is 4.79 Å². The van der Waals surface area contributed by atoms with Crippen LogP contribution in [0.25, 0.3) is 0 Å². The predicted molar refractivity (Wildman–Crippen MR) is 89.8 cm³/mol. The molecule has 4 nitrogen and oxygen atoms in total. The second kappa shape index (κ2) is 7.78. The SMILES string of the molecule is O=C(CNCC1CC1)NCC1(N2CCCCC2)CCCCC1. The molecule has 2 N–H and O–H groups in total. The molecule has 0 atom stereocenters. The Bertz CT molecular complexity index is 355. The summed E-state index contributed by atoms with van der Waals surface area (Å²) in [5, 5.41) is 6.54. The molecule has 2 saturated carbocycles. The second-order valence-electron chi connectivity index (χ2n) is 7.68. The molecular weight excluding hydrogens is 274 g/mol. The minimum atomic E-state index is 0.183. The number of carbonyl (C=O) groups excluding carboxylic acids is 1. The van der Waals surface area contributed by atoms with Gasteiger partial charge in [-0.2, -0.15) is 0 Å². The average Bonchev–Trinajstić information content (AvgIpc) is 3.39. The Hall–Kier alpha value is -0.610. The molecule has 0 unspecified atom stereocenters. The number of hydrogen-bond donors (Lipinski definition) is 2. The van der Waals surface area contributed by atoms with Crippen molar-refractivity contribution in [1.82, 2.24) is 15.5 Å². The summed E-state index contributed by atoms with van der Waals surface area (Å²) in [6.07, 6.45) is 13.3. The van der Waals surface area contributed by atoms with Gasteiger partial charge in [0.05, 0.1) is 6.54 Å². The molecule has 0 spiro atoms. The van der Waals surface area contributed by atoms with E-state index >= 15 is 0 Å². The number of rotatable bonds is 7. The fraction of sp³-hybridized carbons (Fsp3) is 0.944. The summed E-state index contributed by atoms with van der Waals surface area (Å²) >= 11 is 0. The molecule has 2 aliphatic carbocycles. The summed E-state index contributed by atoms with van der Waals surface area (Å²) in [6.45, 7) is 4.83. The van der Waals surface area contributed by atoms with Gasteiger partial charge in [0, 0.05) is 12.1 Å². The van der Waals surface area contributed by atoms with Gasteiger partial charge >= 0.3 is 0 Å². The van der Waals surface area contributed by atoms with E-state index in [1.165, 1.54) is 77.3 Å². The van der Waals surface area contributed by atoms with Gasteiger partial charge in [-0.25, -0.2) is 0 Å². The van der Waals surface area contributed by atoms with Gasteiger partial charge in [-0.3, -0.25) is 9.69 Å². The number of nitrogens with one attached hydrogen (secondary N) is 2. The van der Waals surface area contributed by atoms with Crippen molar-refractivity contribution in [2.24, 2.45) is 5.92 Å². The molecule has 1 saturated heterocycles. The van der Waals surface area contributed by atoms with Crippen molar-refractivity contribution in [2.75, 3.05) is 32.7 Å². The standard InChI is InChI=1S/C18H33N3O/c22-17(14-19-13-16-7-8-16)20-15-18(9-3-1-4-10-18)21-11-5-2-6-12-21/h16,19H,1-15H2,(H,20,22). The maximum absolute atomic E-state index is 12.1. The Kier molecular flexibility index (Phi) is 5.75. The van der Waals surface area contributed by atoms with Crippen LogP contribution in [0.4, 0.5) is 0 Å². The lowest BCUT2D eigenvalue weighted by Crippen LogP contribution is -2.58. The van der Waals surface area contributed by atoms with Crippen molar-refractivity contribution in [3.05, 3.63) is 0 Å². The highest BCUT2D eigenvalue weighted by molar-refractivity contribution is 5.78. The Morgan fingerprint density at radius 1 is 1.00 bits per heavy atom. The zero-order valence-corrected chi connectivity index (χ0v) is 14.0. The number of amides is 1. The van der Waals surface area contributed by atoms with Crippen molar-refractivity contribution in [3.8, 4) is 0 Å². The molecule has 1 heterocycles. The largest absolute Gasteiger partial charge is 0.353 e. The minimum Gasteiger partial charge on any atom is -0.353 e. The normalized spacial score (nSPS) is 25.8. The summed E-state index contributed by atoms with van der Waals surface area (Å²) < 4.78 is 0. The lowest BCUT2D eigenvalue weighted by molar-refractivity contribution is -0.121. The van der Waals surface area contributed by atoms with Gasteiger partial charge < -0.3 is 10.6 Å². The monoisotopic (exact) mass is 307 g/mol. The second-order valence-corrected chi connectivity index (χ2v) is 7.68. The summed E-state index contributed by atoms with van der Waals surface area (Å²) in [4.78, 5) is 14.8. The lowest BCUT2D eigenvalue weighted by Gasteiger charge is -2.48. The maximum Gasteiger partial charge on any atom is 0.234 e. The van der Waals surface area contributed by atoms with E-state index in [9.17, 15) is 4.79 Å². The van der Waals surface area contributed by atoms with E-state index in [-0.39, 0.29) is 11.4 Å².